The van der Waals surface area contributed by atoms with Gasteiger partial charge in [0.05, 0.1) is 0 Å². The highest BCUT2D eigenvalue weighted by Gasteiger charge is 2.04. The van der Waals surface area contributed by atoms with E-state index in [0.717, 1.165) is 11.5 Å². The zero-order chi connectivity index (χ0) is 10.8. The van der Waals surface area contributed by atoms with Gasteiger partial charge in [0.2, 0.25) is 0 Å². The van der Waals surface area contributed by atoms with Crippen LogP contribution in [-0.2, 0) is 0 Å². The molecule has 77 valence electrons. The van der Waals surface area contributed by atoms with Crippen molar-refractivity contribution in [3.63, 3.8) is 0 Å². The number of benzene rings is 2. The van der Waals surface area contributed by atoms with E-state index in [2.05, 4.69) is 18.2 Å². The fourth-order valence-electron chi connectivity index (χ4n) is 1.60. The third-order valence-electron chi connectivity index (χ3n) is 2.36. The van der Waals surface area contributed by atoms with Crippen molar-refractivity contribution in [3.05, 3.63) is 60.0 Å². The van der Waals surface area contributed by atoms with Crippen molar-refractivity contribution in [2.75, 3.05) is 0 Å². The molecule has 0 N–H and O–H groups in total. The molecule has 1 aromatic heterocycles. The minimum Gasteiger partial charge on any atom is -0.456 e. The second kappa shape index (κ2) is 3.99. The summed E-state index contributed by atoms with van der Waals surface area (Å²) in [5.74, 6) is 1.77. The lowest BCUT2D eigenvalue weighted by Gasteiger charge is -2.03. The van der Waals surface area contributed by atoms with Gasteiger partial charge in [0.15, 0.2) is 0 Å². The largest absolute Gasteiger partial charge is 0.456 e. The Morgan fingerprint density at radius 2 is 1.81 bits per heavy atom. The molecule has 2 aromatic carbocycles. The van der Waals surface area contributed by atoms with E-state index in [1.807, 2.05) is 41.8 Å². The smallest absolute Gasteiger partial charge is 0.145 e. The summed E-state index contributed by atoms with van der Waals surface area (Å²) in [6.45, 7) is 0. The highest BCUT2D eigenvalue weighted by Crippen LogP contribution is 2.34. The molecule has 1 heterocycles. The number of thiophene rings is 1. The van der Waals surface area contributed by atoms with E-state index < -0.39 is 0 Å². The fourth-order valence-corrected chi connectivity index (χ4v) is 2.46. The molecule has 0 atom stereocenters. The van der Waals surface area contributed by atoms with Crippen molar-refractivity contribution in [1.29, 1.82) is 0 Å². The van der Waals surface area contributed by atoms with Crippen molar-refractivity contribution in [2.24, 2.45) is 0 Å². The van der Waals surface area contributed by atoms with Gasteiger partial charge in [-0.25, -0.2) is 0 Å². The second-order valence-electron chi connectivity index (χ2n) is 3.43. The third kappa shape index (κ3) is 1.68. The fraction of sp³-hybridized carbons (Fsp3) is 0. The first kappa shape index (κ1) is 9.43. The van der Waals surface area contributed by atoms with Gasteiger partial charge in [0.1, 0.15) is 11.5 Å². The maximum atomic E-state index is 5.82. The Balaban J connectivity index is 2.01. The highest BCUT2D eigenvalue weighted by molar-refractivity contribution is 7.17. The molecular weight excluding hydrogens is 216 g/mol. The maximum absolute atomic E-state index is 5.82. The van der Waals surface area contributed by atoms with Gasteiger partial charge in [-0.2, -0.15) is 0 Å². The van der Waals surface area contributed by atoms with Crippen molar-refractivity contribution in [2.45, 2.75) is 0 Å². The summed E-state index contributed by atoms with van der Waals surface area (Å²) in [5.41, 5.74) is 0. The zero-order valence-corrected chi connectivity index (χ0v) is 9.33. The molecule has 0 spiro atoms. The average molecular weight is 225 g/mol. The van der Waals surface area contributed by atoms with Crippen molar-refractivity contribution in [3.8, 4) is 11.5 Å². The molecule has 0 bridgehead atoms. The van der Waals surface area contributed by atoms with E-state index in [9.17, 15) is 0 Å². The monoisotopic (exact) mass is 225 g/mol. The standard InChI is InChI=1S/C14H9OS/c1-2-6-11(7-3-1)15-13-10-16-14-9-5-4-8-12(13)14/h2-10H. The summed E-state index contributed by atoms with van der Waals surface area (Å²) in [6, 6.07) is 18.7. The minimum atomic E-state index is 0.849. The molecule has 0 saturated heterocycles. The Hall–Kier alpha value is -1.80. The molecule has 0 aliphatic carbocycles. The molecule has 2 heteroatoms. The first-order valence-corrected chi connectivity index (χ1v) is 5.92. The van der Waals surface area contributed by atoms with Gasteiger partial charge in [-0.1, -0.05) is 24.3 Å². The molecule has 3 rings (SSSR count). The summed E-state index contributed by atoms with van der Waals surface area (Å²) in [4.78, 5) is 0. The number of ether oxygens (including phenoxy) is 1. The van der Waals surface area contributed by atoms with Crippen LogP contribution in [0.4, 0.5) is 0 Å². The lowest BCUT2D eigenvalue weighted by molar-refractivity contribution is 0.490. The zero-order valence-electron chi connectivity index (χ0n) is 8.51. The van der Waals surface area contributed by atoms with Crippen LogP contribution in [0.5, 0.6) is 11.5 Å². The number of hydrogen-bond acceptors (Lipinski definition) is 2. The van der Waals surface area contributed by atoms with E-state index in [1.54, 1.807) is 11.3 Å². The van der Waals surface area contributed by atoms with Gasteiger partial charge in [0.25, 0.3) is 0 Å². The number of hydrogen-bond donors (Lipinski definition) is 0. The highest BCUT2D eigenvalue weighted by atomic mass is 32.1. The van der Waals surface area contributed by atoms with E-state index in [4.69, 9.17) is 4.74 Å². The van der Waals surface area contributed by atoms with Crippen molar-refractivity contribution in [1.82, 2.24) is 0 Å². The summed E-state index contributed by atoms with van der Waals surface area (Å²) >= 11 is 1.70. The summed E-state index contributed by atoms with van der Waals surface area (Å²) < 4.78 is 7.07. The van der Waals surface area contributed by atoms with Crippen LogP contribution in [-0.4, -0.2) is 0 Å². The van der Waals surface area contributed by atoms with Gasteiger partial charge in [-0.05, 0) is 30.3 Å². The van der Waals surface area contributed by atoms with Crippen LogP contribution in [0.25, 0.3) is 10.1 Å². The Kier molecular flexibility index (Phi) is 2.35. The Morgan fingerprint density at radius 1 is 1.00 bits per heavy atom. The second-order valence-corrected chi connectivity index (χ2v) is 4.35. The normalized spacial score (nSPS) is 10.5. The van der Waals surface area contributed by atoms with E-state index in [-0.39, 0.29) is 0 Å². The average Bonchev–Trinajstić information content (AvgIpc) is 2.74. The predicted octanol–water partition coefficient (Wildman–Crippen LogP) is 4.49. The lowest BCUT2D eigenvalue weighted by atomic mass is 10.2. The molecule has 16 heavy (non-hydrogen) atoms. The third-order valence-corrected chi connectivity index (χ3v) is 3.30. The molecule has 1 radical (unpaired) electrons. The summed E-state index contributed by atoms with van der Waals surface area (Å²) in [5, 5.41) is 3.21. The number of fused-ring (bicyclic) bond motifs is 1. The molecule has 3 aromatic rings. The van der Waals surface area contributed by atoms with Crippen LogP contribution < -0.4 is 4.74 Å². The Labute approximate surface area is 97.9 Å². The Morgan fingerprint density at radius 3 is 2.69 bits per heavy atom. The molecule has 0 aliphatic heterocycles. The topological polar surface area (TPSA) is 9.23 Å². The first-order chi connectivity index (χ1) is 7.93. The maximum Gasteiger partial charge on any atom is 0.145 e. The van der Waals surface area contributed by atoms with Crippen LogP contribution in [0.2, 0.25) is 0 Å². The predicted molar refractivity (Wildman–Crippen MR) is 67.2 cm³/mol. The van der Waals surface area contributed by atoms with Gasteiger partial charge in [0, 0.05) is 15.5 Å². The van der Waals surface area contributed by atoms with Crippen molar-refractivity contribution < 1.29 is 4.74 Å². The van der Waals surface area contributed by atoms with E-state index in [0.29, 0.717) is 0 Å². The molecule has 0 unspecified atom stereocenters. The van der Waals surface area contributed by atoms with Gasteiger partial charge < -0.3 is 4.74 Å². The molecule has 0 fully saturated rings. The van der Waals surface area contributed by atoms with E-state index >= 15 is 0 Å². The minimum absolute atomic E-state index is 0.849. The van der Waals surface area contributed by atoms with Crippen LogP contribution in [0.1, 0.15) is 0 Å². The van der Waals surface area contributed by atoms with Crippen LogP contribution in [0.3, 0.4) is 0 Å². The van der Waals surface area contributed by atoms with Gasteiger partial charge >= 0.3 is 0 Å². The summed E-state index contributed by atoms with van der Waals surface area (Å²) in [6.07, 6.45) is 0. The lowest BCUT2D eigenvalue weighted by Crippen LogP contribution is -1.81. The molecule has 0 saturated carbocycles. The van der Waals surface area contributed by atoms with Gasteiger partial charge in [-0.15, -0.1) is 11.3 Å². The summed E-state index contributed by atoms with van der Waals surface area (Å²) in [7, 11) is 0. The quantitative estimate of drug-likeness (QED) is 0.624. The molecule has 0 aliphatic rings. The molecular formula is C14H9OS. The first-order valence-electron chi connectivity index (χ1n) is 5.04. The van der Waals surface area contributed by atoms with Crippen LogP contribution in [0, 0.1) is 6.07 Å². The molecule has 1 nitrogen and oxygen atoms in total. The van der Waals surface area contributed by atoms with Gasteiger partial charge in [-0.3, -0.25) is 0 Å². The number of rotatable bonds is 2. The van der Waals surface area contributed by atoms with Crippen molar-refractivity contribution >= 4 is 21.4 Å². The van der Waals surface area contributed by atoms with Crippen LogP contribution >= 0.6 is 11.3 Å². The SMILES string of the molecule is [c]1ccc(Oc2csc3ccccc23)cc1. The van der Waals surface area contributed by atoms with E-state index in [1.165, 1.54) is 10.1 Å². The Bertz CT molecular complexity index is 598. The molecule has 0 amide bonds. The van der Waals surface area contributed by atoms with Crippen LogP contribution in [0.15, 0.2) is 53.9 Å².